The van der Waals surface area contributed by atoms with Crippen molar-refractivity contribution in [3.63, 3.8) is 0 Å². The molecule has 0 bridgehead atoms. The Morgan fingerprint density at radius 3 is 2.79 bits per heavy atom. The number of hydrogen-bond acceptors (Lipinski definition) is 2. The zero-order chi connectivity index (χ0) is 13.2. The van der Waals surface area contributed by atoms with Crippen LogP contribution in [0.5, 0.6) is 0 Å². The zero-order valence-corrected chi connectivity index (χ0v) is 11.6. The van der Waals surface area contributed by atoms with Gasteiger partial charge < -0.3 is 10.7 Å². The van der Waals surface area contributed by atoms with Crippen molar-refractivity contribution >= 4 is 28.4 Å². The Balaban J connectivity index is 1.80. The van der Waals surface area contributed by atoms with Crippen molar-refractivity contribution in [1.29, 1.82) is 0 Å². The van der Waals surface area contributed by atoms with Crippen LogP contribution < -0.4 is 5.73 Å². The summed E-state index contributed by atoms with van der Waals surface area (Å²) in [4.78, 5) is 3.43. The van der Waals surface area contributed by atoms with E-state index in [0.717, 1.165) is 11.4 Å². The first-order valence-electron chi connectivity index (χ1n) is 6.28. The first kappa shape index (κ1) is 12.2. The number of nitrogens with two attached hydrogens (primary N) is 1. The largest absolute Gasteiger partial charge is 0.399 e. The predicted molar refractivity (Wildman–Crippen MR) is 83.5 cm³/mol. The van der Waals surface area contributed by atoms with Crippen LogP contribution in [0.1, 0.15) is 11.1 Å². The lowest BCUT2D eigenvalue weighted by Crippen LogP contribution is -1.93. The lowest BCUT2D eigenvalue weighted by Gasteiger charge is -2.07. The fourth-order valence-electron chi connectivity index (χ4n) is 2.14. The number of para-hydroxylation sites is 1. The van der Waals surface area contributed by atoms with Gasteiger partial charge in [-0.1, -0.05) is 30.3 Å². The fraction of sp³-hybridized carbons (Fsp3) is 0.125. The van der Waals surface area contributed by atoms with Crippen molar-refractivity contribution in [3.05, 3.63) is 59.7 Å². The van der Waals surface area contributed by atoms with Crippen LogP contribution in [0.2, 0.25) is 0 Å². The lowest BCUT2D eigenvalue weighted by atomic mass is 10.1. The molecule has 3 heteroatoms. The molecule has 96 valence electrons. The van der Waals surface area contributed by atoms with E-state index in [-0.39, 0.29) is 0 Å². The molecule has 1 heterocycles. The molecule has 3 N–H and O–H groups in total. The highest BCUT2D eigenvalue weighted by atomic mass is 32.2. The van der Waals surface area contributed by atoms with Crippen molar-refractivity contribution in [2.75, 3.05) is 5.73 Å². The summed E-state index contributed by atoms with van der Waals surface area (Å²) in [5.41, 5.74) is 10.5. The van der Waals surface area contributed by atoms with E-state index in [1.807, 2.05) is 23.9 Å². The molecule has 1 aromatic heterocycles. The molecule has 0 fully saturated rings. The molecule has 0 radical (unpaired) electrons. The molecule has 3 aromatic rings. The number of fused-ring (bicyclic) bond motifs is 1. The van der Waals surface area contributed by atoms with Gasteiger partial charge in [0.2, 0.25) is 0 Å². The lowest BCUT2D eigenvalue weighted by molar-refractivity contribution is 1.22. The smallest absolute Gasteiger partial charge is 0.0735 e. The highest BCUT2D eigenvalue weighted by molar-refractivity contribution is 7.98. The number of aromatic amines is 1. The second-order valence-corrected chi connectivity index (χ2v) is 5.66. The van der Waals surface area contributed by atoms with Crippen molar-refractivity contribution in [3.8, 4) is 0 Å². The van der Waals surface area contributed by atoms with Gasteiger partial charge in [-0.25, -0.2) is 0 Å². The normalized spacial score (nSPS) is 11.0. The van der Waals surface area contributed by atoms with Crippen LogP contribution in [0.3, 0.4) is 0 Å². The Morgan fingerprint density at radius 2 is 1.95 bits per heavy atom. The van der Waals surface area contributed by atoms with Gasteiger partial charge in [-0.3, -0.25) is 0 Å². The molecule has 0 saturated heterocycles. The number of nitrogen functional groups attached to an aromatic ring is 1. The van der Waals surface area contributed by atoms with Crippen LogP contribution in [-0.4, -0.2) is 4.98 Å². The van der Waals surface area contributed by atoms with Crippen LogP contribution >= 0.6 is 11.8 Å². The van der Waals surface area contributed by atoms with E-state index in [9.17, 15) is 0 Å². The maximum atomic E-state index is 5.93. The third-order valence-corrected chi connectivity index (χ3v) is 4.36. The average molecular weight is 268 g/mol. The summed E-state index contributed by atoms with van der Waals surface area (Å²) in [6.07, 6.45) is 0. The molecule has 0 atom stereocenters. The summed E-state index contributed by atoms with van der Waals surface area (Å²) in [6.45, 7) is 2.08. The maximum absolute atomic E-state index is 5.93. The molecule has 0 aliphatic carbocycles. The molecule has 0 spiro atoms. The Bertz CT molecular complexity index is 683. The molecule has 2 aromatic carbocycles. The second-order valence-electron chi connectivity index (χ2n) is 4.64. The molecule has 0 amide bonds. The Hall–Kier alpha value is -1.87. The predicted octanol–water partition coefficient (Wildman–Crippen LogP) is 4.35. The van der Waals surface area contributed by atoms with E-state index in [2.05, 4.69) is 48.3 Å². The molecule has 3 rings (SSSR count). The van der Waals surface area contributed by atoms with Crippen molar-refractivity contribution in [2.45, 2.75) is 17.7 Å². The van der Waals surface area contributed by atoms with Crippen molar-refractivity contribution in [1.82, 2.24) is 4.98 Å². The second kappa shape index (κ2) is 5.02. The first-order chi connectivity index (χ1) is 9.24. The van der Waals surface area contributed by atoms with Gasteiger partial charge in [-0.15, -0.1) is 11.8 Å². The number of benzene rings is 2. The Kier molecular flexibility index (Phi) is 3.22. The van der Waals surface area contributed by atoms with Gasteiger partial charge in [0, 0.05) is 22.3 Å². The number of aromatic nitrogens is 1. The van der Waals surface area contributed by atoms with E-state index in [0.29, 0.717) is 0 Å². The summed E-state index contributed by atoms with van der Waals surface area (Å²) >= 11 is 1.81. The van der Waals surface area contributed by atoms with E-state index in [1.54, 1.807) is 0 Å². The molecule has 2 nitrogen and oxygen atoms in total. The fourth-order valence-corrected chi connectivity index (χ4v) is 3.16. The van der Waals surface area contributed by atoms with Gasteiger partial charge in [0.05, 0.1) is 5.03 Å². The highest BCUT2D eigenvalue weighted by Gasteiger charge is 2.04. The third-order valence-electron chi connectivity index (χ3n) is 3.38. The van der Waals surface area contributed by atoms with E-state index in [1.165, 1.54) is 27.1 Å². The van der Waals surface area contributed by atoms with Gasteiger partial charge in [0.15, 0.2) is 0 Å². The van der Waals surface area contributed by atoms with E-state index in [4.69, 9.17) is 5.73 Å². The summed E-state index contributed by atoms with van der Waals surface area (Å²) in [5.74, 6) is 0.934. The summed E-state index contributed by atoms with van der Waals surface area (Å²) in [7, 11) is 0. The molecular formula is C16H16N2S. The van der Waals surface area contributed by atoms with Crippen molar-refractivity contribution < 1.29 is 0 Å². The molecule has 19 heavy (non-hydrogen) atoms. The Morgan fingerprint density at radius 1 is 1.11 bits per heavy atom. The van der Waals surface area contributed by atoms with Gasteiger partial charge in [-0.2, -0.15) is 0 Å². The summed E-state index contributed by atoms with van der Waals surface area (Å²) in [6, 6.07) is 16.6. The third kappa shape index (κ3) is 2.47. The number of anilines is 1. The minimum Gasteiger partial charge on any atom is -0.399 e. The number of thioether (sulfide) groups is 1. The monoisotopic (exact) mass is 268 g/mol. The van der Waals surface area contributed by atoms with Gasteiger partial charge >= 0.3 is 0 Å². The van der Waals surface area contributed by atoms with Gasteiger partial charge in [0.1, 0.15) is 0 Å². The minimum absolute atomic E-state index is 0.870. The average Bonchev–Trinajstić information content (AvgIpc) is 2.83. The van der Waals surface area contributed by atoms with Crippen LogP contribution in [0.4, 0.5) is 5.69 Å². The van der Waals surface area contributed by atoms with Crippen LogP contribution in [0, 0.1) is 6.92 Å². The topological polar surface area (TPSA) is 41.8 Å². The number of nitrogens with one attached hydrogen (secondary N) is 1. The summed E-state index contributed by atoms with van der Waals surface area (Å²) in [5, 5.41) is 2.46. The standard InChI is InChI=1S/C16H16N2S/c1-11-13(6-4-7-14(11)17)10-19-16-9-12-5-2-3-8-15(12)18-16/h2-9,18H,10,17H2,1H3. The minimum atomic E-state index is 0.870. The molecule has 0 saturated carbocycles. The highest BCUT2D eigenvalue weighted by Crippen LogP contribution is 2.28. The first-order valence-corrected chi connectivity index (χ1v) is 7.27. The van der Waals surface area contributed by atoms with E-state index < -0.39 is 0 Å². The van der Waals surface area contributed by atoms with E-state index >= 15 is 0 Å². The Labute approximate surface area is 117 Å². The van der Waals surface area contributed by atoms with Gasteiger partial charge in [-0.05, 0) is 36.2 Å². The maximum Gasteiger partial charge on any atom is 0.0735 e. The SMILES string of the molecule is Cc1c(N)cccc1CSc1cc2ccccc2[nH]1. The van der Waals surface area contributed by atoms with Crippen LogP contribution in [0.15, 0.2) is 53.6 Å². The quantitative estimate of drug-likeness (QED) is 0.547. The molecule has 0 aliphatic heterocycles. The van der Waals surface area contributed by atoms with Gasteiger partial charge in [0.25, 0.3) is 0 Å². The molecular weight excluding hydrogens is 252 g/mol. The number of rotatable bonds is 3. The van der Waals surface area contributed by atoms with Crippen LogP contribution in [0.25, 0.3) is 10.9 Å². The number of H-pyrrole nitrogens is 1. The summed E-state index contributed by atoms with van der Waals surface area (Å²) < 4.78 is 0. The van der Waals surface area contributed by atoms with Crippen molar-refractivity contribution in [2.24, 2.45) is 0 Å². The van der Waals surface area contributed by atoms with Crippen LogP contribution in [-0.2, 0) is 5.75 Å². The number of hydrogen-bond donors (Lipinski definition) is 2. The molecule has 0 unspecified atom stereocenters. The zero-order valence-electron chi connectivity index (χ0n) is 10.8. The molecule has 0 aliphatic rings.